The Morgan fingerprint density at radius 1 is 1.40 bits per heavy atom. The largest absolute Gasteiger partial charge is 0.315 e. The van der Waals surface area contributed by atoms with E-state index >= 15 is 0 Å². The molecule has 0 unspecified atom stereocenters. The van der Waals surface area contributed by atoms with Crippen LogP contribution in [0.3, 0.4) is 0 Å². The minimum atomic E-state index is 0.901. The summed E-state index contributed by atoms with van der Waals surface area (Å²) in [6.45, 7) is 10.4. The molecule has 1 aliphatic rings. The number of aryl methyl sites for hydroxylation is 1. The molecule has 3 rings (SSSR count). The van der Waals surface area contributed by atoms with Crippen molar-refractivity contribution in [3.63, 3.8) is 0 Å². The number of nitrogens with one attached hydrogen (secondary N) is 1. The van der Waals surface area contributed by atoms with Crippen molar-refractivity contribution in [2.24, 2.45) is 0 Å². The Hall–Kier alpha value is -1.24. The molecule has 0 saturated heterocycles. The van der Waals surface area contributed by atoms with Gasteiger partial charge in [-0.05, 0) is 25.1 Å². The zero-order valence-electron chi connectivity index (χ0n) is 12.1. The number of aromatic nitrogens is 3. The van der Waals surface area contributed by atoms with Crippen molar-refractivity contribution in [3.8, 4) is 0 Å². The predicted molar refractivity (Wildman–Crippen MR) is 80.6 cm³/mol. The van der Waals surface area contributed by atoms with E-state index in [1.807, 2.05) is 17.7 Å². The summed E-state index contributed by atoms with van der Waals surface area (Å²) in [6.07, 6.45) is 1.83. The first-order chi connectivity index (χ1) is 9.76. The molecular formula is C14H21N5S. The van der Waals surface area contributed by atoms with Gasteiger partial charge in [-0.2, -0.15) is 0 Å². The zero-order chi connectivity index (χ0) is 13.9. The third kappa shape index (κ3) is 2.92. The Morgan fingerprint density at radius 3 is 3.15 bits per heavy atom. The molecule has 0 aliphatic carbocycles. The lowest BCUT2D eigenvalue weighted by Crippen LogP contribution is -2.33. The molecule has 20 heavy (non-hydrogen) atoms. The average molecular weight is 291 g/mol. The second kappa shape index (κ2) is 6.03. The minimum absolute atomic E-state index is 0.901. The number of thiophene rings is 1. The molecule has 6 heteroatoms. The van der Waals surface area contributed by atoms with Crippen LogP contribution in [0.5, 0.6) is 0 Å². The number of hydrogen-bond acceptors (Lipinski definition) is 5. The van der Waals surface area contributed by atoms with Gasteiger partial charge >= 0.3 is 0 Å². The molecule has 2 aromatic rings. The zero-order valence-corrected chi connectivity index (χ0v) is 12.9. The molecular weight excluding hydrogens is 270 g/mol. The van der Waals surface area contributed by atoms with Crippen molar-refractivity contribution in [1.29, 1.82) is 0 Å². The molecule has 0 saturated carbocycles. The van der Waals surface area contributed by atoms with Gasteiger partial charge in [0.25, 0.3) is 0 Å². The molecule has 2 aromatic heterocycles. The van der Waals surface area contributed by atoms with E-state index in [4.69, 9.17) is 0 Å². The molecule has 0 radical (unpaired) electrons. The van der Waals surface area contributed by atoms with Crippen LogP contribution in [0.25, 0.3) is 0 Å². The van der Waals surface area contributed by atoms with Gasteiger partial charge in [0.05, 0.1) is 6.54 Å². The van der Waals surface area contributed by atoms with Gasteiger partial charge in [-0.1, -0.05) is 6.92 Å². The highest BCUT2D eigenvalue weighted by molar-refractivity contribution is 7.12. The van der Waals surface area contributed by atoms with E-state index < -0.39 is 0 Å². The van der Waals surface area contributed by atoms with Crippen molar-refractivity contribution >= 4 is 11.3 Å². The van der Waals surface area contributed by atoms with Crippen LogP contribution in [0.2, 0.25) is 0 Å². The number of fused-ring (bicyclic) bond motifs is 1. The molecule has 5 nitrogen and oxygen atoms in total. The van der Waals surface area contributed by atoms with E-state index in [1.54, 1.807) is 0 Å². The van der Waals surface area contributed by atoms with E-state index in [9.17, 15) is 0 Å². The first-order valence-electron chi connectivity index (χ1n) is 7.14. The fourth-order valence-electron chi connectivity index (χ4n) is 2.57. The van der Waals surface area contributed by atoms with Gasteiger partial charge in [0, 0.05) is 35.9 Å². The lowest BCUT2D eigenvalue weighted by atomic mass is 10.2. The summed E-state index contributed by atoms with van der Waals surface area (Å²) in [7, 11) is 0. The average Bonchev–Trinajstić information content (AvgIpc) is 3.03. The molecule has 1 aliphatic heterocycles. The van der Waals surface area contributed by atoms with E-state index in [0.29, 0.717) is 0 Å². The molecule has 108 valence electrons. The molecule has 0 atom stereocenters. The third-order valence-electron chi connectivity index (χ3n) is 3.73. The van der Waals surface area contributed by atoms with Gasteiger partial charge in [-0.3, -0.25) is 4.90 Å². The predicted octanol–water partition coefficient (Wildman–Crippen LogP) is 1.77. The summed E-state index contributed by atoms with van der Waals surface area (Å²) in [4.78, 5) is 5.32. The van der Waals surface area contributed by atoms with E-state index in [-0.39, 0.29) is 0 Å². The van der Waals surface area contributed by atoms with Gasteiger partial charge in [0.2, 0.25) is 0 Å². The summed E-state index contributed by atoms with van der Waals surface area (Å²) in [6, 6.07) is 2.35. The lowest BCUT2D eigenvalue weighted by molar-refractivity contribution is 0.208. The summed E-state index contributed by atoms with van der Waals surface area (Å²) in [5.74, 6) is 1.08. The van der Waals surface area contributed by atoms with Crippen molar-refractivity contribution in [3.05, 3.63) is 33.5 Å². The van der Waals surface area contributed by atoms with Crippen LogP contribution < -0.4 is 5.32 Å². The van der Waals surface area contributed by atoms with Crippen molar-refractivity contribution < 1.29 is 0 Å². The maximum absolute atomic E-state index is 4.18. The Morgan fingerprint density at radius 2 is 2.30 bits per heavy atom. The van der Waals surface area contributed by atoms with E-state index in [0.717, 1.165) is 45.1 Å². The first-order valence-corrected chi connectivity index (χ1v) is 7.96. The Balaban J connectivity index is 1.65. The quantitative estimate of drug-likeness (QED) is 0.912. The summed E-state index contributed by atoms with van der Waals surface area (Å²) < 4.78 is 2.15. The molecule has 0 bridgehead atoms. The monoisotopic (exact) mass is 291 g/mol. The van der Waals surface area contributed by atoms with E-state index in [2.05, 4.69) is 44.9 Å². The summed E-state index contributed by atoms with van der Waals surface area (Å²) >= 11 is 1.91. The number of nitrogens with zero attached hydrogens (tertiary/aromatic N) is 4. The molecule has 0 spiro atoms. The second-order valence-corrected chi connectivity index (χ2v) is 6.57. The van der Waals surface area contributed by atoms with Gasteiger partial charge in [-0.15, -0.1) is 21.5 Å². The van der Waals surface area contributed by atoms with Crippen LogP contribution in [0.1, 0.15) is 28.1 Å². The van der Waals surface area contributed by atoms with Crippen LogP contribution in [0.15, 0.2) is 12.4 Å². The van der Waals surface area contributed by atoms with Crippen LogP contribution >= 0.6 is 11.3 Å². The van der Waals surface area contributed by atoms with Gasteiger partial charge in [0.15, 0.2) is 0 Å². The Bertz CT molecular complexity index is 574. The van der Waals surface area contributed by atoms with Crippen molar-refractivity contribution in [2.75, 3.05) is 13.1 Å². The highest BCUT2D eigenvalue weighted by Crippen LogP contribution is 2.24. The van der Waals surface area contributed by atoms with Gasteiger partial charge < -0.3 is 9.88 Å². The van der Waals surface area contributed by atoms with Crippen LogP contribution in [-0.2, 0) is 26.2 Å². The maximum atomic E-state index is 4.18. The third-order valence-corrected chi connectivity index (χ3v) is 4.83. The fourth-order valence-corrected chi connectivity index (χ4v) is 3.60. The van der Waals surface area contributed by atoms with Crippen LogP contribution in [0, 0.1) is 6.92 Å². The maximum Gasteiger partial charge on any atom is 0.147 e. The summed E-state index contributed by atoms with van der Waals surface area (Å²) in [5.41, 5.74) is 1.45. The first kappa shape index (κ1) is 13.7. The Labute approximate surface area is 123 Å². The molecule has 0 fully saturated rings. The SMILES string of the molecule is CCNCc1cc(CN2CCn3cnnc3C2)c(C)s1. The molecule has 1 N–H and O–H groups in total. The van der Waals surface area contributed by atoms with Crippen LogP contribution in [-0.4, -0.2) is 32.8 Å². The van der Waals surface area contributed by atoms with Crippen molar-refractivity contribution in [2.45, 2.75) is 40.0 Å². The van der Waals surface area contributed by atoms with Crippen molar-refractivity contribution in [1.82, 2.24) is 25.0 Å². The molecule has 0 aromatic carbocycles. The topological polar surface area (TPSA) is 46.0 Å². The second-order valence-electron chi connectivity index (χ2n) is 5.23. The Kier molecular flexibility index (Phi) is 4.14. The lowest BCUT2D eigenvalue weighted by Gasteiger charge is -2.26. The van der Waals surface area contributed by atoms with E-state index in [1.165, 1.54) is 15.3 Å². The number of hydrogen-bond donors (Lipinski definition) is 1. The fraction of sp³-hybridized carbons (Fsp3) is 0.571. The highest BCUT2D eigenvalue weighted by atomic mass is 32.1. The highest BCUT2D eigenvalue weighted by Gasteiger charge is 2.18. The smallest absolute Gasteiger partial charge is 0.147 e. The molecule has 0 amide bonds. The number of rotatable bonds is 5. The van der Waals surface area contributed by atoms with Gasteiger partial charge in [0.1, 0.15) is 12.2 Å². The van der Waals surface area contributed by atoms with Crippen LogP contribution in [0.4, 0.5) is 0 Å². The standard InChI is InChI=1S/C14H21N5S/c1-3-15-7-13-6-12(11(2)20-13)8-18-4-5-19-10-16-17-14(19)9-18/h6,10,15H,3-5,7-9H2,1-2H3. The normalized spacial score (nSPS) is 15.5. The molecule has 3 heterocycles. The summed E-state index contributed by atoms with van der Waals surface area (Å²) in [5, 5.41) is 11.6. The minimum Gasteiger partial charge on any atom is -0.315 e. The van der Waals surface area contributed by atoms with Gasteiger partial charge in [-0.25, -0.2) is 0 Å².